The van der Waals surface area contributed by atoms with Crippen molar-refractivity contribution in [2.45, 2.75) is 38.6 Å². The molecule has 1 rings (SSSR count). The zero-order valence-corrected chi connectivity index (χ0v) is 8.25. The highest BCUT2D eigenvalue weighted by atomic mass is 16.2. The number of amides is 1. The summed E-state index contributed by atoms with van der Waals surface area (Å²) in [6.07, 6.45) is 4.83. The molecule has 1 aliphatic heterocycles. The second-order valence-electron chi connectivity index (χ2n) is 3.60. The topological polar surface area (TPSA) is 58.4 Å². The largest absolute Gasteiger partial charge is 0.293 e. The molecule has 3 N–H and O–H groups in total. The Labute approximate surface area is 79.4 Å². The minimum atomic E-state index is -0.0830. The van der Waals surface area contributed by atoms with Gasteiger partial charge in [-0.3, -0.25) is 15.1 Å². The molecule has 4 heteroatoms. The van der Waals surface area contributed by atoms with E-state index in [1.54, 1.807) is 0 Å². The molecule has 0 aromatic carbocycles. The lowest BCUT2D eigenvalue weighted by molar-refractivity contribution is -0.123. The van der Waals surface area contributed by atoms with Gasteiger partial charge in [-0.2, -0.15) is 0 Å². The molecule has 1 atom stereocenters. The summed E-state index contributed by atoms with van der Waals surface area (Å²) in [5.74, 6) is 4.97. The van der Waals surface area contributed by atoms with E-state index in [0.29, 0.717) is 12.6 Å². The van der Waals surface area contributed by atoms with Crippen LogP contribution in [0.2, 0.25) is 0 Å². The molecule has 4 nitrogen and oxygen atoms in total. The standard InChI is InChI=1S/C9H19N3O/c1-2-8-5-3-4-6-12(8)7-9(13)11-10/h8H,2-7,10H2,1H3,(H,11,13). The van der Waals surface area contributed by atoms with E-state index in [9.17, 15) is 4.79 Å². The summed E-state index contributed by atoms with van der Waals surface area (Å²) in [6, 6.07) is 0.575. The van der Waals surface area contributed by atoms with Crippen LogP contribution in [0.5, 0.6) is 0 Å². The first-order valence-corrected chi connectivity index (χ1v) is 5.01. The van der Waals surface area contributed by atoms with Crippen molar-refractivity contribution in [3.8, 4) is 0 Å². The van der Waals surface area contributed by atoms with Crippen LogP contribution in [0.1, 0.15) is 32.6 Å². The molecule has 0 aromatic heterocycles. The lowest BCUT2D eigenvalue weighted by atomic mass is 10.0. The third-order valence-corrected chi connectivity index (χ3v) is 2.73. The van der Waals surface area contributed by atoms with Gasteiger partial charge in [0.25, 0.3) is 0 Å². The van der Waals surface area contributed by atoms with Crippen LogP contribution in [0.4, 0.5) is 0 Å². The quantitative estimate of drug-likeness (QED) is 0.376. The third kappa shape index (κ3) is 2.97. The van der Waals surface area contributed by atoms with Crippen molar-refractivity contribution >= 4 is 5.91 Å². The molecule has 0 radical (unpaired) electrons. The molecule has 0 aliphatic carbocycles. The van der Waals surface area contributed by atoms with Crippen molar-refractivity contribution < 1.29 is 4.79 Å². The number of carbonyl (C=O) groups is 1. The number of rotatable bonds is 3. The Morgan fingerprint density at radius 1 is 1.62 bits per heavy atom. The maximum absolute atomic E-state index is 11.1. The molecule has 76 valence electrons. The van der Waals surface area contributed by atoms with Crippen molar-refractivity contribution in [2.24, 2.45) is 5.84 Å². The number of carbonyl (C=O) groups excluding carboxylic acids is 1. The number of nitrogens with zero attached hydrogens (tertiary/aromatic N) is 1. The first-order chi connectivity index (χ1) is 6.27. The van der Waals surface area contributed by atoms with Crippen LogP contribution in [0.25, 0.3) is 0 Å². The van der Waals surface area contributed by atoms with E-state index >= 15 is 0 Å². The number of likely N-dealkylation sites (tertiary alicyclic amines) is 1. The highest BCUT2D eigenvalue weighted by Gasteiger charge is 2.21. The fraction of sp³-hybridized carbons (Fsp3) is 0.889. The lowest BCUT2D eigenvalue weighted by Crippen LogP contribution is -2.46. The van der Waals surface area contributed by atoms with Crippen molar-refractivity contribution in [1.82, 2.24) is 10.3 Å². The van der Waals surface area contributed by atoms with E-state index < -0.39 is 0 Å². The molecular weight excluding hydrogens is 166 g/mol. The zero-order valence-electron chi connectivity index (χ0n) is 8.25. The summed E-state index contributed by atoms with van der Waals surface area (Å²) in [7, 11) is 0. The monoisotopic (exact) mass is 185 g/mol. The maximum Gasteiger partial charge on any atom is 0.248 e. The van der Waals surface area contributed by atoms with E-state index in [1.165, 1.54) is 19.3 Å². The first-order valence-electron chi connectivity index (χ1n) is 5.01. The maximum atomic E-state index is 11.1. The van der Waals surface area contributed by atoms with Crippen LogP contribution in [0.3, 0.4) is 0 Å². The molecule has 1 aliphatic rings. The van der Waals surface area contributed by atoms with E-state index in [1.807, 2.05) is 0 Å². The Kier molecular flexibility index (Phi) is 4.18. The fourth-order valence-corrected chi connectivity index (χ4v) is 1.96. The van der Waals surface area contributed by atoms with Crippen LogP contribution < -0.4 is 11.3 Å². The van der Waals surface area contributed by atoms with Crippen molar-refractivity contribution in [3.05, 3.63) is 0 Å². The number of nitrogens with two attached hydrogens (primary N) is 1. The van der Waals surface area contributed by atoms with Gasteiger partial charge in [-0.1, -0.05) is 13.3 Å². The van der Waals surface area contributed by atoms with E-state index in [0.717, 1.165) is 13.0 Å². The van der Waals surface area contributed by atoms with Gasteiger partial charge in [0.05, 0.1) is 6.54 Å². The van der Waals surface area contributed by atoms with Gasteiger partial charge in [-0.05, 0) is 25.8 Å². The van der Waals surface area contributed by atoms with Crippen LogP contribution in [-0.2, 0) is 4.79 Å². The van der Waals surface area contributed by atoms with Crippen molar-refractivity contribution in [3.63, 3.8) is 0 Å². The Hall–Kier alpha value is -0.610. The van der Waals surface area contributed by atoms with Crippen LogP contribution in [0.15, 0.2) is 0 Å². The number of piperidine rings is 1. The molecule has 0 bridgehead atoms. The molecule has 0 aromatic rings. The average molecular weight is 185 g/mol. The average Bonchev–Trinajstić information content (AvgIpc) is 2.18. The summed E-state index contributed by atoms with van der Waals surface area (Å²) >= 11 is 0. The van der Waals surface area contributed by atoms with E-state index in [4.69, 9.17) is 5.84 Å². The van der Waals surface area contributed by atoms with Gasteiger partial charge in [-0.25, -0.2) is 5.84 Å². The number of hydrogen-bond acceptors (Lipinski definition) is 3. The Morgan fingerprint density at radius 2 is 2.38 bits per heavy atom. The fourth-order valence-electron chi connectivity index (χ4n) is 1.96. The number of nitrogens with one attached hydrogen (secondary N) is 1. The van der Waals surface area contributed by atoms with Crippen LogP contribution >= 0.6 is 0 Å². The van der Waals surface area contributed by atoms with E-state index in [2.05, 4.69) is 17.2 Å². The molecule has 0 spiro atoms. The first kappa shape index (κ1) is 10.5. The van der Waals surface area contributed by atoms with Crippen LogP contribution in [-0.4, -0.2) is 29.9 Å². The highest BCUT2D eigenvalue weighted by molar-refractivity contribution is 5.77. The summed E-state index contributed by atoms with van der Waals surface area (Å²) < 4.78 is 0. The molecule has 1 unspecified atom stereocenters. The molecule has 13 heavy (non-hydrogen) atoms. The predicted molar refractivity (Wildman–Crippen MR) is 51.8 cm³/mol. The minimum absolute atomic E-state index is 0.0830. The Bertz CT molecular complexity index is 172. The predicted octanol–water partition coefficient (Wildman–Crippen LogP) is 0.241. The molecule has 0 saturated carbocycles. The summed E-state index contributed by atoms with van der Waals surface area (Å²) in [5, 5.41) is 0. The van der Waals surface area contributed by atoms with Gasteiger partial charge in [0.1, 0.15) is 0 Å². The third-order valence-electron chi connectivity index (χ3n) is 2.73. The SMILES string of the molecule is CCC1CCCCN1CC(=O)NN. The van der Waals surface area contributed by atoms with Gasteiger partial charge in [-0.15, -0.1) is 0 Å². The molecule has 1 fully saturated rings. The molecule has 1 amide bonds. The van der Waals surface area contributed by atoms with Crippen molar-refractivity contribution in [1.29, 1.82) is 0 Å². The highest BCUT2D eigenvalue weighted by Crippen LogP contribution is 2.18. The van der Waals surface area contributed by atoms with Gasteiger partial charge in [0, 0.05) is 6.04 Å². The summed E-state index contributed by atoms with van der Waals surface area (Å²) in [4.78, 5) is 13.3. The minimum Gasteiger partial charge on any atom is -0.293 e. The second-order valence-corrected chi connectivity index (χ2v) is 3.60. The Morgan fingerprint density at radius 3 is 3.00 bits per heavy atom. The van der Waals surface area contributed by atoms with Gasteiger partial charge >= 0.3 is 0 Å². The van der Waals surface area contributed by atoms with Gasteiger partial charge in [0.2, 0.25) is 5.91 Å². The van der Waals surface area contributed by atoms with Gasteiger partial charge in [0.15, 0.2) is 0 Å². The summed E-state index contributed by atoms with van der Waals surface area (Å²) in [6.45, 7) is 3.66. The van der Waals surface area contributed by atoms with E-state index in [-0.39, 0.29) is 5.91 Å². The molecular formula is C9H19N3O. The second kappa shape index (κ2) is 5.19. The zero-order chi connectivity index (χ0) is 9.68. The Balaban J connectivity index is 2.40. The van der Waals surface area contributed by atoms with Crippen molar-refractivity contribution in [2.75, 3.05) is 13.1 Å². The summed E-state index contributed by atoms with van der Waals surface area (Å²) in [5.41, 5.74) is 2.18. The smallest absolute Gasteiger partial charge is 0.248 e. The van der Waals surface area contributed by atoms with Gasteiger partial charge < -0.3 is 0 Å². The van der Waals surface area contributed by atoms with Crippen LogP contribution in [0, 0.1) is 0 Å². The number of hydrazine groups is 1. The molecule has 1 heterocycles. The normalized spacial score (nSPS) is 24.3. The lowest BCUT2D eigenvalue weighted by Gasteiger charge is -2.34. The molecule has 1 saturated heterocycles. The number of hydrogen-bond donors (Lipinski definition) is 2.